The minimum Gasteiger partial charge on any atom is -0.494 e. The predicted molar refractivity (Wildman–Crippen MR) is 157 cm³/mol. The van der Waals surface area contributed by atoms with Crippen LogP contribution in [0.1, 0.15) is 19.8 Å². The molecule has 2 N–H and O–H groups in total. The summed E-state index contributed by atoms with van der Waals surface area (Å²) in [6.45, 7) is 6.02. The number of hydrogen-bond donors (Lipinski definition) is 2. The Morgan fingerprint density at radius 1 is 0.641 bits per heavy atom. The lowest BCUT2D eigenvalue weighted by Gasteiger charge is -2.37. The highest BCUT2D eigenvalue weighted by molar-refractivity contribution is 5.62. The largest absolute Gasteiger partial charge is 0.494 e. The van der Waals surface area contributed by atoms with E-state index in [-0.39, 0.29) is 5.41 Å². The van der Waals surface area contributed by atoms with Crippen molar-refractivity contribution in [2.75, 3.05) is 43.7 Å². The molecule has 0 bridgehead atoms. The van der Waals surface area contributed by atoms with E-state index in [0.717, 1.165) is 79.3 Å². The van der Waals surface area contributed by atoms with Gasteiger partial charge in [-0.3, -0.25) is 0 Å². The number of rotatable bonds is 14. The summed E-state index contributed by atoms with van der Waals surface area (Å²) in [7, 11) is 0. The number of unbranched alkanes of at least 4 members (excludes halogenated alkanes) is 1. The minimum atomic E-state index is 0.213. The first-order chi connectivity index (χ1) is 19.1. The Labute approximate surface area is 230 Å². The summed E-state index contributed by atoms with van der Waals surface area (Å²) in [5.41, 5.74) is 4.23. The topological polar surface area (TPSA) is 61.0 Å². The molecule has 4 aromatic rings. The number of para-hydroxylation sites is 1. The molecule has 0 amide bonds. The first kappa shape index (κ1) is 26.6. The van der Waals surface area contributed by atoms with Crippen molar-refractivity contribution in [1.29, 1.82) is 0 Å². The number of benzene rings is 4. The van der Waals surface area contributed by atoms with Gasteiger partial charge in [0.2, 0.25) is 0 Å². The highest BCUT2D eigenvalue weighted by Crippen LogP contribution is 2.28. The van der Waals surface area contributed by atoms with Crippen molar-refractivity contribution in [3.05, 3.63) is 103 Å². The summed E-state index contributed by atoms with van der Waals surface area (Å²) in [5, 5.41) is 6.81. The third-order valence-electron chi connectivity index (χ3n) is 6.43. The Hall–Kier alpha value is -4.00. The zero-order chi connectivity index (χ0) is 26.8. The highest BCUT2D eigenvalue weighted by Gasteiger charge is 2.33. The Kier molecular flexibility index (Phi) is 8.99. The molecule has 1 aliphatic heterocycles. The average Bonchev–Trinajstić information content (AvgIpc) is 2.94. The van der Waals surface area contributed by atoms with Crippen LogP contribution in [0.15, 0.2) is 103 Å². The van der Waals surface area contributed by atoms with Gasteiger partial charge < -0.3 is 29.6 Å². The van der Waals surface area contributed by atoms with Crippen molar-refractivity contribution in [3.63, 3.8) is 0 Å². The lowest BCUT2D eigenvalue weighted by atomic mass is 9.90. The summed E-state index contributed by atoms with van der Waals surface area (Å²) in [6.07, 6.45) is 1.94. The van der Waals surface area contributed by atoms with Crippen LogP contribution in [0.25, 0.3) is 0 Å². The molecule has 4 aromatic carbocycles. The van der Waals surface area contributed by atoms with Crippen LogP contribution in [0.5, 0.6) is 17.2 Å². The molecule has 0 atom stereocenters. The summed E-state index contributed by atoms with van der Waals surface area (Å²) >= 11 is 0. The molecule has 1 heterocycles. The van der Waals surface area contributed by atoms with Crippen molar-refractivity contribution in [1.82, 2.24) is 0 Å². The van der Waals surface area contributed by atoms with Gasteiger partial charge >= 0.3 is 0 Å². The van der Waals surface area contributed by atoms with E-state index >= 15 is 0 Å². The van der Waals surface area contributed by atoms with Crippen LogP contribution < -0.4 is 20.1 Å². The Morgan fingerprint density at radius 3 is 1.87 bits per heavy atom. The molecule has 1 fully saturated rings. The third-order valence-corrected chi connectivity index (χ3v) is 6.43. The minimum absolute atomic E-state index is 0.213. The van der Waals surface area contributed by atoms with Gasteiger partial charge in [-0.1, -0.05) is 31.2 Å². The zero-order valence-electron chi connectivity index (χ0n) is 22.4. The molecule has 0 unspecified atom stereocenters. The molecule has 0 spiro atoms. The van der Waals surface area contributed by atoms with E-state index in [1.54, 1.807) is 0 Å². The second-order valence-corrected chi connectivity index (χ2v) is 10.2. The molecule has 6 heteroatoms. The summed E-state index contributed by atoms with van der Waals surface area (Å²) in [6, 6.07) is 34.0. The predicted octanol–water partition coefficient (Wildman–Crippen LogP) is 8.18. The second kappa shape index (κ2) is 13.2. The summed E-state index contributed by atoms with van der Waals surface area (Å²) in [5.74, 6) is 2.42. The molecule has 39 heavy (non-hydrogen) atoms. The maximum atomic E-state index is 6.02. The second-order valence-electron chi connectivity index (χ2n) is 10.2. The van der Waals surface area contributed by atoms with Crippen molar-refractivity contribution in [2.45, 2.75) is 19.8 Å². The SMILES string of the molecule is CC1(COCCCCOc2cccc(Nc3ccc(Oc4ccc(Nc5ccccc5)cc4)cc3)c2)COC1. The van der Waals surface area contributed by atoms with E-state index in [1.807, 2.05) is 103 Å². The highest BCUT2D eigenvalue weighted by atomic mass is 16.5. The van der Waals surface area contributed by atoms with Crippen LogP contribution in [0.3, 0.4) is 0 Å². The maximum Gasteiger partial charge on any atom is 0.127 e. The number of hydrogen-bond acceptors (Lipinski definition) is 6. The summed E-state index contributed by atoms with van der Waals surface area (Å²) < 4.78 is 23.0. The van der Waals surface area contributed by atoms with Gasteiger partial charge in [0.15, 0.2) is 0 Å². The van der Waals surface area contributed by atoms with Crippen molar-refractivity contribution in [2.24, 2.45) is 5.41 Å². The molecule has 1 saturated heterocycles. The molecule has 5 rings (SSSR count). The van der Waals surface area contributed by atoms with Gasteiger partial charge in [-0.25, -0.2) is 0 Å². The van der Waals surface area contributed by atoms with Crippen molar-refractivity contribution in [3.8, 4) is 17.2 Å². The van der Waals surface area contributed by atoms with Crippen LogP contribution in [0, 0.1) is 5.41 Å². The van der Waals surface area contributed by atoms with E-state index in [0.29, 0.717) is 6.61 Å². The van der Waals surface area contributed by atoms with Gasteiger partial charge in [0.25, 0.3) is 0 Å². The number of anilines is 4. The van der Waals surface area contributed by atoms with E-state index in [1.165, 1.54) is 0 Å². The zero-order valence-corrected chi connectivity index (χ0v) is 22.4. The Balaban J connectivity index is 1.03. The fraction of sp³-hybridized carbons (Fsp3) is 0.273. The van der Waals surface area contributed by atoms with Crippen LogP contribution in [0.2, 0.25) is 0 Å². The van der Waals surface area contributed by atoms with Gasteiger partial charge in [-0.15, -0.1) is 0 Å². The maximum absolute atomic E-state index is 6.02. The van der Waals surface area contributed by atoms with Gasteiger partial charge in [-0.05, 0) is 85.6 Å². The van der Waals surface area contributed by atoms with Crippen molar-refractivity contribution < 1.29 is 18.9 Å². The van der Waals surface area contributed by atoms with Crippen LogP contribution in [-0.2, 0) is 9.47 Å². The Bertz CT molecular complexity index is 1290. The quantitative estimate of drug-likeness (QED) is 0.162. The lowest BCUT2D eigenvalue weighted by molar-refractivity contribution is -0.138. The first-order valence-corrected chi connectivity index (χ1v) is 13.5. The lowest BCUT2D eigenvalue weighted by Crippen LogP contribution is -2.43. The normalized spacial score (nSPS) is 13.8. The van der Waals surface area contributed by atoms with E-state index in [4.69, 9.17) is 18.9 Å². The third kappa shape index (κ3) is 8.24. The van der Waals surface area contributed by atoms with Crippen LogP contribution in [-0.4, -0.2) is 33.0 Å². The van der Waals surface area contributed by atoms with Crippen LogP contribution >= 0.6 is 0 Å². The molecular weight excluding hydrogens is 488 g/mol. The fourth-order valence-corrected chi connectivity index (χ4v) is 4.22. The Morgan fingerprint density at radius 2 is 1.23 bits per heavy atom. The smallest absolute Gasteiger partial charge is 0.127 e. The summed E-state index contributed by atoms with van der Waals surface area (Å²) in [4.78, 5) is 0. The fourth-order valence-electron chi connectivity index (χ4n) is 4.22. The van der Waals surface area contributed by atoms with E-state index < -0.39 is 0 Å². The molecule has 0 aliphatic carbocycles. The molecule has 0 radical (unpaired) electrons. The van der Waals surface area contributed by atoms with Gasteiger partial charge in [0.1, 0.15) is 17.2 Å². The average molecular weight is 525 g/mol. The monoisotopic (exact) mass is 524 g/mol. The molecule has 6 nitrogen and oxygen atoms in total. The van der Waals surface area contributed by atoms with E-state index in [2.05, 4.69) is 17.6 Å². The molecule has 0 aromatic heterocycles. The van der Waals surface area contributed by atoms with Gasteiger partial charge in [0, 0.05) is 40.8 Å². The van der Waals surface area contributed by atoms with Gasteiger partial charge in [-0.2, -0.15) is 0 Å². The molecule has 0 saturated carbocycles. The molecule has 202 valence electrons. The van der Waals surface area contributed by atoms with E-state index in [9.17, 15) is 0 Å². The first-order valence-electron chi connectivity index (χ1n) is 13.5. The van der Waals surface area contributed by atoms with Crippen LogP contribution in [0.4, 0.5) is 22.7 Å². The van der Waals surface area contributed by atoms with Gasteiger partial charge in [0.05, 0.1) is 26.4 Å². The number of nitrogens with one attached hydrogen (secondary N) is 2. The molecular formula is C33H36N2O4. The number of ether oxygens (including phenoxy) is 4. The molecule has 1 aliphatic rings. The van der Waals surface area contributed by atoms with Crippen molar-refractivity contribution >= 4 is 22.7 Å². The standard InChI is InChI=1S/C33H36N2O4/c1-33(24-37-25-33)23-36-20-5-6-21-38-32-11-7-10-29(22-32)35-28-14-18-31(19-15-28)39-30-16-12-27(13-17-30)34-26-8-3-2-4-9-26/h2-4,7-19,22,34-35H,5-6,20-21,23-25H2,1H3.